The summed E-state index contributed by atoms with van der Waals surface area (Å²) >= 11 is 0. The summed E-state index contributed by atoms with van der Waals surface area (Å²) in [6.07, 6.45) is 1.15. The molecule has 3 rings (SSSR count). The van der Waals surface area contributed by atoms with E-state index in [2.05, 4.69) is 17.0 Å². The first-order valence-corrected chi connectivity index (χ1v) is 11.7. The maximum atomic E-state index is 13.1. The van der Waals surface area contributed by atoms with Crippen molar-refractivity contribution >= 4 is 21.6 Å². The predicted octanol–water partition coefficient (Wildman–Crippen LogP) is 2.49. The van der Waals surface area contributed by atoms with E-state index in [-0.39, 0.29) is 5.91 Å². The Balaban J connectivity index is 1.67. The number of anilines is 1. The quantitative estimate of drug-likeness (QED) is 0.727. The number of hydrogen-bond donors (Lipinski definition) is 0. The van der Waals surface area contributed by atoms with Crippen LogP contribution < -0.4 is 4.31 Å². The lowest BCUT2D eigenvalue weighted by atomic mass is 10.1. The lowest BCUT2D eigenvalue weighted by Gasteiger charge is -2.38. The molecule has 0 spiro atoms. The third-order valence-corrected chi connectivity index (χ3v) is 6.50. The van der Waals surface area contributed by atoms with Crippen LogP contribution in [0.4, 0.5) is 5.69 Å². The molecule has 29 heavy (non-hydrogen) atoms. The largest absolute Gasteiger partial charge is 0.338 e. The highest BCUT2D eigenvalue weighted by Crippen LogP contribution is 2.23. The topological polar surface area (TPSA) is 60.9 Å². The van der Waals surface area contributed by atoms with Gasteiger partial charge in [-0.05, 0) is 37.1 Å². The van der Waals surface area contributed by atoms with Crippen LogP contribution in [-0.4, -0.2) is 62.6 Å². The van der Waals surface area contributed by atoms with E-state index in [9.17, 15) is 13.2 Å². The van der Waals surface area contributed by atoms with Gasteiger partial charge in [0.1, 0.15) is 6.04 Å². The summed E-state index contributed by atoms with van der Waals surface area (Å²) in [5.41, 5.74) is 2.73. The molecule has 1 atom stereocenters. The minimum absolute atomic E-state index is 0.156. The molecule has 0 saturated carbocycles. The van der Waals surface area contributed by atoms with Gasteiger partial charge in [-0.25, -0.2) is 8.42 Å². The van der Waals surface area contributed by atoms with E-state index in [0.717, 1.165) is 31.5 Å². The lowest BCUT2D eigenvalue weighted by Crippen LogP contribution is -2.55. The van der Waals surface area contributed by atoms with Crippen LogP contribution in [0.2, 0.25) is 0 Å². The van der Waals surface area contributed by atoms with Gasteiger partial charge in [-0.2, -0.15) is 0 Å². The van der Waals surface area contributed by atoms with E-state index in [4.69, 9.17) is 0 Å². The van der Waals surface area contributed by atoms with E-state index in [1.165, 1.54) is 9.87 Å². The van der Waals surface area contributed by atoms with Crippen molar-refractivity contribution in [1.82, 2.24) is 9.80 Å². The SMILES string of the molecule is Cc1cccc(N([C@@H](C)C(=O)N2CCN(Cc3ccccc3)CC2)S(C)(=O)=O)c1. The summed E-state index contributed by atoms with van der Waals surface area (Å²) in [5.74, 6) is -0.156. The average Bonchev–Trinajstić information content (AvgIpc) is 2.68. The molecular formula is C22H29N3O3S. The normalized spacial score (nSPS) is 16.4. The molecule has 1 heterocycles. The van der Waals surface area contributed by atoms with Gasteiger partial charge in [0.15, 0.2) is 0 Å². The third-order valence-electron chi connectivity index (χ3n) is 5.26. The van der Waals surface area contributed by atoms with Gasteiger partial charge in [0.05, 0.1) is 11.9 Å². The van der Waals surface area contributed by atoms with Gasteiger partial charge in [0.25, 0.3) is 0 Å². The van der Waals surface area contributed by atoms with Gasteiger partial charge in [-0.15, -0.1) is 0 Å². The van der Waals surface area contributed by atoms with Gasteiger partial charge in [-0.3, -0.25) is 14.0 Å². The van der Waals surface area contributed by atoms with Crippen molar-refractivity contribution in [2.24, 2.45) is 0 Å². The van der Waals surface area contributed by atoms with Crippen LogP contribution in [0.1, 0.15) is 18.1 Å². The number of rotatable bonds is 6. The molecule has 0 radical (unpaired) electrons. The zero-order valence-corrected chi connectivity index (χ0v) is 18.1. The number of carbonyl (C=O) groups is 1. The first-order valence-electron chi connectivity index (χ1n) is 9.87. The highest BCUT2D eigenvalue weighted by atomic mass is 32.2. The second-order valence-electron chi connectivity index (χ2n) is 7.66. The number of benzene rings is 2. The van der Waals surface area contributed by atoms with E-state index in [0.29, 0.717) is 18.8 Å². The lowest BCUT2D eigenvalue weighted by molar-refractivity contribution is -0.133. The smallest absolute Gasteiger partial charge is 0.246 e. The van der Waals surface area contributed by atoms with E-state index in [1.54, 1.807) is 24.0 Å². The van der Waals surface area contributed by atoms with Crippen molar-refractivity contribution in [3.63, 3.8) is 0 Å². The highest BCUT2D eigenvalue weighted by Gasteiger charge is 2.33. The van der Waals surface area contributed by atoms with Crippen molar-refractivity contribution in [2.45, 2.75) is 26.4 Å². The number of nitrogens with zero attached hydrogens (tertiary/aromatic N) is 3. The van der Waals surface area contributed by atoms with Crippen LogP contribution in [-0.2, 0) is 21.4 Å². The molecule has 1 fully saturated rings. The summed E-state index contributed by atoms with van der Waals surface area (Å²) in [4.78, 5) is 17.2. The second-order valence-corrected chi connectivity index (χ2v) is 9.52. The number of aryl methyl sites for hydroxylation is 1. The van der Waals surface area contributed by atoms with E-state index in [1.807, 2.05) is 37.3 Å². The zero-order chi connectivity index (χ0) is 21.0. The first-order chi connectivity index (χ1) is 13.8. The predicted molar refractivity (Wildman–Crippen MR) is 116 cm³/mol. The molecule has 1 amide bonds. The number of carbonyl (C=O) groups excluding carboxylic acids is 1. The molecule has 0 aromatic heterocycles. The molecule has 0 unspecified atom stereocenters. The van der Waals surface area contributed by atoms with Crippen LogP contribution >= 0.6 is 0 Å². The Labute approximate surface area is 173 Å². The molecule has 0 aliphatic carbocycles. The number of amides is 1. The molecule has 1 aliphatic heterocycles. The fourth-order valence-electron chi connectivity index (χ4n) is 3.80. The molecular weight excluding hydrogens is 386 g/mol. The first kappa shape index (κ1) is 21.3. The molecule has 0 N–H and O–H groups in total. The van der Waals surface area contributed by atoms with Gasteiger partial charge >= 0.3 is 0 Å². The van der Waals surface area contributed by atoms with Crippen LogP contribution in [0.3, 0.4) is 0 Å². The van der Waals surface area contributed by atoms with Crippen LogP contribution in [0.15, 0.2) is 54.6 Å². The monoisotopic (exact) mass is 415 g/mol. The van der Waals surface area contributed by atoms with Gasteiger partial charge in [-0.1, -0.05) is 42.5 Å². The third kappa shape index (κ3) is 5.36. The van der Waals surface area contributed by atoms with Crippen molar-refractivity contribution < 1.29 is 13.2 Å². The molecule has 2 aromatic rings. The fraction of sp³-hybridized carbons (Fsp3) is 0.409. The van der Waals surface area contributed by atoms with Crippen molar-refractivity contribution in [3.05, 3.63) is 65.7 Å². The second kappa shape index (κ2) is 8.97. The Morgan fingerprint density at radius 1 is 1.03 bits per heavy atom. The van der Waals surface area contributed by atoms with Gasteiger partial charge < -0.3 is 4.90 Å². The Hall–Kier alpha value is -2.38. The summed E-state index contributed by atoms with van der Waals surface area (Å²) in [7, 11) is -3.59. The maximum absolute atomic E-state index is 13.1. The summed E-state index contributed by atoms with van der Waals surface area (Å²) < 4.78 is 26.2. The molecule has 156 valence electrons. The Morgan fingerprint density at radius 2 is 1.69 bits per heavy atom. The molecule has 0 bridgehead atoms. The number of hydrogen-bond acceptors (Lipinski definition) is 4. The molecule has 1 saturated heterocycles. The van der Waals surface area contributed by atoms with Crippen molar-refractivity contribution in [1.29, 1.82) is 0 Å². The summed E-state index contributed by atoms with van der Waals surface area (Å²) in [6, 6.07) is 16.7. The van der Waals surface area contributed by atoms with Gasteiger partial charge in [0, 0.05) is 32.7 Å². The van der Waals surface area contributed by atoms with Crippen molar-refractivity contribution in [3.8, 4) is 0 Å². The molecule has 1 aliphatic rings. The molecule has 6 nitrogen and oxygen atoms in total. The van der Waals surface area contributed by atoms with Crippen LogP contribution in [0.5, 0.6) is 0 Å². The Morgan fingerprint density at radius 3 is 2.28 bits per heavy atom. The zero-order valence-electron chi connectivity index (χ0n) is 17.3. The van der Waals surface area contributed by atoms with E-state index < -0.39 is 16.1 Å². The minimum atomic E-state index is -3.59. The summed E-state index contributed by atoms with van der Waals surface area (Å²) in [6.45, 7) is 7.18. The van der Waals surface area contributed by atoms with Crippen LogP contribution in [0.25, 0.3) is 0 Å². The molecule has 7 heteroatoms. The van der Waals surface area contributed by atoms with Gasteiger partial charge in [0.2, 0.25) is 15.9 Å². The number of piperazine rings is 1. The Kier molecular flexibility index (Phi) is 6.59. The molecule has 2 aromatic carbocycles. The maximum Gasteiger partial charge on any atom is 0.246 e. The standard InChI is InChI=1S/C22H29N3O3S/c1-18-8-7-11-21(16-18)25(29(3,27)28)19(2)22(26)24-14-12-23(13-15-24)17-20-9-5-4-6-10-20/h4-11,16,19H,12-15,17H2,1-3H3/t19-/m0/s1. The number of sulfonamides is 1. The average molecular weight is 416 g/mol. The van der Waals surface area contributed by atoms with Crippen LogP contribution in [0, 0.1) is 6.92 Å². The minimum Gasteiger partial charge on any atom is -0.338 e. The summed E-state index contributed by atoms with van der Waals surface area (Å²) in [5, 5.41) is 0. The van der Waals surface area contributed by atoms with Crippen molar-refractivity contribution in [2.75, 3.05) is 36.7 Å². The van der Waals surface area contributed by atoms with E-state index >= 15 is 0 Å². The highest BCUT2D eigenvalue weighted by molar-refractivity contribution is 7.92. The fourth-order valence-corrected chi connectivity index (χ4v) is 4.96. The Bertz CT molecular complexity index is 939.